The number of carboxylic acid groups (broad SMARTS) is 1. The minimum absolute atomic E-state index is 0.0584. The highest BCUT2D eigenvalue weighted by molar-refractivity contribution is 5.96. The Morgan fingerprint density at radius 1 is 1.32 bits per heavy atom. The van der Waals surface area contributed by atoms with Gasteiger partial charge in [-0.15, -0.1) is 0 Å². The molecule has 0 bridgehead atoms. The third-order valence-corrected chi connectivity index (χ3v) is 2.93. The number of methoxy groups -OCH3 is 1. The van der Waals surface area contributed by atoms with E-state index in [1.54, 1.807) is 0 Å². The number of ether oxygens (including phenoxy) is 2. The largest absolute Gasteiger partial charge is 0.494 e. The summed E-state index contributed by atoms with van der Waals surface area (Å²) in [4.78, 5) is 26.6. The molecule has 1 aromatic heterocycles. The Hall–Kier alpha value is -2.15. The first-order valence-electron chi connectivity index (χ1n) is 7.23. The van der Waals surface area contributed by atoms with Crippen molar-refractivity contribution < 1.29 is 24.2 Å². The summed E-state index contributed by atoms with van der Waals surface area (Å²) in [5, 5.41) is 11.7. The van der Waals surface area contributed by atoms with E-state index in [1.165, 1.54) is 19.4 Å². The molecule has 122 valence electrons. The molecule has 7 heteroatoms. The van der Waals surface area contributed by atoms with Crippen LogP contribution >= 0.6 is 0 Å². The van der Waals surface area contributed by atoms with E-state index in [0.717, 1.165) is 19.4 Å². The zero-order chi connectivity index (χ0) is 16.4. The van der Waals surface area contributed by atoms with Crippen molar-refractivity contribution in [2.24, 2.45) is 0 Å². The van der Waals surface area contributed by atoms with Crippen molar-refractivity contribution in [1.82, 2.24) is 10.3 Å². The second-order valence-corrected chi connectivity index (χ2v) is 4.66. The molecule has 0 atom stereocenters. The van der Waals surface area contributed by atoms with E-state index >= 15 is 0 Å². The van der Waals surface area contributed by atoms with E-state index in [0.29, 0.717) is 19.6 Å². The molecule has 1 rings (SSSR count). The molecule has 0 aromatic carbocycles. The number of nitrogens with zero attached hydrogens (tertiary/aromatic N) is 1. The van der Waals surface area contributed by atoms with Gasteiger partial charge in [0.05, 0.1) is 12.7 Å². The summed E-state index contributed by atoms with van der Waals surface area (Å²) in [6.45, 7) is 3.91. The fourth-order valence-corrected chi connectivity index (χ4v) is 1.71. The Morgan fingerprint density at radius 3 is 2.68 bits per heavy atom. The van der Waals surface area contributed by atoms with Gasteiger partial charge in [-0.3, -0.25) is 4.79 Å². The second-order valence-electron chi connectivity index (χ2n) is 4.66. The van der Waals surface area contributed by atoms with Gasteiger partial charge < -0.3 is 19.9 Å². The average molecular weight is 310 g/mol. The molecule has 0 saturated heterocycles. The zero-order valence-electron chi connectivity index (χ0n) is 12.9. The first kappa shape index (κ1) is 17.9. The van der Waals surface area contributed by atoms with Gasteiger partial charge in [0.25, 0.3) is 5.91 Å². The number of nitrogens with one attached hydrogen (secondary N) is 1. The predicted molar refractivity (Wildman–Crippen MR) is 80.4 cm³/mol. The lowest BCUT2D eigenvalue weighted by atomic mass is 10.2. The number of hydrogen-bond donors (Lipinski definition) is 2. The number of aromatic carboxylic acids is 1. The summed E-state index contributed by atoms with van der Waals surface area (Å²) in [5.41, 5.74) is 0.0390. The third-order valence-electron chi connectivity index (χ3n) is 2.93. The smallest absolute Gasteiger partial charge is 0.358 e. The average Bonchev–Trinajstić information content (AvgIpc) is 2.53. The van der Waals surface area contributed by atoms with Gasteiger partial charge in [-0.05, 0) is 18.9 Å². The van der Waals surface area contributed by atoms with Crippen molar-refractivity contribution in [3.63, 3.8) is 0 Å². The predicted octanol–water partition coefficient (Wildman–Crippen LogP) is 1.72. The second kappa shape index (κ2) is 9.73. The topological polar surface area (TPSA) is 97.8 Å². The fourth-order valence-electron chi connectivity index (χ4n) is 1.71. The minimum Gasteiger partial charge on any atom is -0.494 e. The molecule has 0 spiro atoms. The van der Waals surface area contributed by atoms with Crippen LogP contribution in [0.15, 0.2) is 12.3 Å². The summed E-state index contributed by atoms with van der Waals surface area (Å²) in [6.07, 6.45) is 4.07. The Balaban J connectivity index is 2.44. The number of amides is 1. The molecular formula is C15H22N2O5. The summed E-state index contributed by atoms with van der Waals surface area (Å²) in [6, 6.07) is 1.36. The van der Waals surface area contributed by atoms with Crippen molar-refractivity contribution in [3.05, 3.63) is 23.5 Å². The van der Waals surface area contributed by atoms with Crippen molar-refractivity contribution in [3.8, 4) is 5.75 Å². The zero-order valence-corrected chi connectivity index (χ0v) is 12.9. The van der Waals surface area contributed by atoms with Crippen LogP contribution in [-0.4, -0.2) is 48.8 Å². The Morgan fingerprint density at radius 2 is 2.05 bits per heavy atom. The van der Waals surface area contributed by atoms with Gasteiger partial charge in [0.2, 0.25) is 0 Å². The molecule has 2 N–H and O–H groups in total. The summed E-state index contributed by atoms with van der Waals surface area (Å²) in [7, 11) is 1.33. The lowest BCUT2D eigenvalue weighted by Crippen LogP contribution is -2.25. The van der Waals surface area contributed by atoms with Crippen LogP contribution in [-0.2, 0) is 4.74 Å². The number of aromatic nitrogens is 1. The summed E-state index contributed by atoms with van der Waals surface area (Å²) in [5.74, 6) is -1.47. The van der Waals surface area contributed by atoms with Crippen LogP contribution in [0.3, 0.4) is 0 Å². The number of pyridine rings is 1. The van der Waals surface area contributed by atoms with Crippen LogP contribution in [0.4, 0.5) is 0 Å². The van der Waals surface area contributed by atoms with E-state index in [1.807, 2.05) is 0 Å². The van der Waals surface area contributed by atoms with Gasteiger partial charge >= 0.3 is 5.97 Å². The molecule has 22 heavy (non-hydrogen) atoms. The molecule has 0 unspecified atom stereocenters. The molecule has 0 aliphatic carbocycles. The maximum Gasteiger partial charge on any atom is 0.358 e. The van der Waals surface area contributed by atoms with E-state index in [4.69, 9.17) is 14.6 Å². The van der Waals surface area contributed by atoms with Crippen LogP contribution in [0, 0.1) is 0 Å². The van der Waals surface area contributed by atoms with Crippen molar-refractivity contribution in [2.75, 3.05) is 26.9 Å². The lowest BCUT2D eigenvalue weighted by Gasteiger charge is -2.08. The van der Waals surface area contributed by atoms with Gasteiger partial charge in [-0.2, -0.15) is 0 Å². The van der Waals surface area contributed by atoms with Crippen molar-refractivity contribution in [2.45, 2.75) is 26.2 Å². The van der Waals surface area contributed by atoms with Gasteiger partial charge in [0, 0.05) is 26.0 Å². The molecule has 0 saturated carbocycles. The number of unbranched alkanes of at least 4 members (excludes halogenated alkanes) is 1. The van der Waals surface area contributed by atoms with Gasteiger partial charge in [0.1, 0.15) is 0 Å². The van der Waals surface area contributed by atoms with E-state index in [2.05, 4.69) is 17.2 Å². The van der Waals surface area contributed by atoms with E-state index < -0.39 is 5.97 Å². The fraction of sp³-hybridized carbons (Fsp3) is 0.533. The molecule has 1 aromatic rings. The first-order valence-corrected chi connectivity index (χ1v) is 7.23. The normalized spacial score (nSPS) is 10.3. The quantitative estimate of drug-likeness (QED) is 0.639. The SMILES string of the molecule is CCCCOCCCNC(=O)c1cnc(C(=O)O)c(OC)c1. The van der Waals surface area contributed by atoms with Crippen molar-refractivity contribution >= 4 is 11.9 Å². The Bertz CT molecular complexity index is 505. The third kappa shape index (κ3) is 5.69. The highest BCUT2D eigenvalue weighted by atomic mass is 16.5. The molecule has 0 aliphatic rings. The highest BCUT2D eigenvalue weighted by Gasteiger charge is 2.15. The van der Waals surface area contributed by atoms with Gasteiger partial charge in [-0.1, -0.05) is 13.3 Å². The molecule has 0 fully saturated rings. The lowest BCUT2D eigenvalue weighted by molar-refractivity contribution is 0.0685. The van der Waals surface area contributed by atoms with Crippen LogP contribution < -0.4 is 10.1 Å². The van der Waals surface area contributed by atoms with E-state index in [9.17, 15) is 9.59 Å². The number of rotatable bonds is 10. The maximum absolute atomic E-state index is 11.9. The Labute approximate surface area is 129 Å². The van der Waals surface area contributed by atoms with Crippen LogP contribution in [0.25, 0.3) is 0 Å². The molecule has 7 nitrogen and oxygen atoms in total. The molecule has 1 amide bonds. The highest BCUT2D eigenvalue weighted by Crippen LogP contribution is 2.17. The summed E-state index contributed by atoms with van der Waals surface area (Å²) >= 11 is 0. The maximum atomic E-state index is 11.9. The number of carbonyl (C=O) groups excluding carboxylic acids is 1. The van der Waals surface area contributed by atoms with E-state index in [-0.39, 0.29) is 22.9 Å². The molecule has 0 radical (unpaired) electrons. The minimum atomic E-state index is -1.20. The van der Waals surface area contributed by atoms with Gasteiger partial charge in [-0.25, -0.2) is 9.78 Å². The monoisotopic (exact) mass is 310 g/mol. The molecular weight excluding hydrogens is 288 g/mol. The van der Waals surface area contributed by atoms with Crippen molar-refractivity contribution in [1.29, 1.82) is 0 Å². The first-order chi connectivity index (χ1) is 10.6. The standard InChI is InChI=1S/C15H22N2O5/c1-3-4-7-22-8-5-6-16-14(18)11-9-12(21-2)13(15(19)20)17-10-11/h9-10H,3-8H2,1-2H3,(H,16,18)(H,19,20). The number of hydrogen-bond acceptors (Lipinski definition) is 5. The van der Waals surface area contributed by atoms with Crippen LogP contribution in [0.2, 0.25) is 0 Å². The van der Waals surface area contributed by atoms with Crippen LogP contribution in [0.1, 0.15) is 47.0 Å². The molecule has 0 aliphatic heterocycles. The Kier molecular flexibility index (Phi) is 7.91. The molecule has 1 heterocycles. The van der Waals surface area contributed by atoms with Crippen LogP contribution in [0.5, 0.6) is 5.75 Å². The number of carboxylic acids is 1. The van der Waals surface area contributed by atoms with Gasteiger partial charge in [0.15, 0.2) is 11.4 Å². The number of carbonyl (C=O) groups is 2. The summed E-state index contributed by atoms with van der Waals surface area (Å²) < 4.78 is 10.3.